The van der Waals surface area contributed by atoms with Gasteiger partial charge in [-0.25, -0.2) is 0 Å². The van der Waals surface area contributed by atoms with Gasteiger partial charge in [-0.2, -0.15) is 0 Å². The van der Waals surface area contributed by atoms with E-state index in [1.54, 1.807) is 0 Å². The summed E-state index contributed by atoms with van der Waals surface area (Å²) in [5.41, 5.74) is 0. The van der Waals surface area contributed by atoms with Crippen molar-refractivity contribution in [3.63, 3.8) is 0 Å². The monoisotopic (exact) mass is 845 g/mol. The molecule has 1 amide bonds. The molecule has 9 heteroatoms. The summed E-state index contributed by atoms with van der Waals surface area (Å²) in [5, 5.41) is 14.0. The summed E-state index contributed by atoms with van der Waals surface area (Å²) in [6, 6.07) is -0.793. The quantitative estimate of drug-likeness (QED) is 0.0359. The molecule has 0 aliphatic rings. The first-order valence-electron chi connectivity index (χ1n) is 25.4. The molecule has 3 atom stereocenters. The van der Waals surface area contributed by atoms with E-state index in [4.69, 9.17) is 9.05 Å². The van der Waals surface area contributed by atoms with Crippen LogP contribution in [0.5, 0.6) is 0 Å². The standard InChI is InChI=1S/C49H101N2O6P/c1-6-8-10-12-14-16-18-20-22-23-24-25-26-27-29-31-33-35-37-39-41-43-49(53)50-47(46-57-58(54,55)56-45-44-51(3,4)5)48(52)42-40-38-36-34-32-30-28-21-19-17-15-13-11-9-7-2/h47-48,52H,6-46H2,1-5H3,(H-,50,53,54,55)/t47-,48+/m0/s1. The molecule has 0 aromatic carbocycles. The summed E-state index contributed by atoms with van der Waals surface area (Å²) in [6.45, 7) is 4.76. The van der Waals surface area contributed by atoms with Crippen molar-refractivity contribution in [2.75, 3.05) is 40.9 Å². The highest BCUT2D eigenvalue weighted by Gasteiger charge is 2.24. The minimum absolute atomic E-state index is 0.0163. The fraction of sp³-hybridized carbons (Fsp3) is 0.980. The fourth-order valence-corrected chi connectivity index (χ4v) is 8.53. The summed E-state index contributed by atoms with van der Waals surface area (Å²) >= 11 is 0. The molecule has 0 radical (unpaired) electrons. The van der Waals surface area contributed by atoms with E-state index in [-0.39, 0.29) is 19.1 Å². The van der Waals surface area contributed by atoms with E-state index in [9.17, 15) is 19.4 Å². The molecule has 2 N–H and O–H groups in total. The number of aliphatic hydroxyl groups excluding tert-OH is 1. The molecule has 0 spiro atoms. The zero-order valence-corrected chi connectivity index (χ0v) is 40.4. The number of phosphoric acid groups is 1. The van der Waals surface area contributed by atoms with Crippen LogP contribution in [0.25, 0.3) is 0 Å². The molecule has 0 aliphatic carbocycles. The number of quaternary nitrogens is 1. The van der Waals surface area contributed by atoms with E-state index >= 15 is 0 Å². The Labute approximate surface area is 361 Å². The summed E-state index contributed by atoms with van der Waals surface area (Å²) in [5.74, 6) is -0.159. The number of nitrogens with zero attached hydrogens (tertiary/aromatic N) is 1. The predicted molar refractivity (Wildman–Crippen MR) is 247 cm³/mol. The molecular weight excluding hydrogens is 744 g/mol. The normalized spacial score (nSPS) is 14.1. The van der Waals surface area contributed by atoms with Crippen LogP contribution in [0, 0.1) is 0 Å². The van der Waals surface area contributed by atoms with E-state index in [1.165, 1.54) is 193 Å². The van der Waals surface area contributed by atoms with Gasteiger partial charge in [0.15, 0.2) is 0 Å². The molecule has 1 unspecified atom stereocenters. The maximum atomic E-state index is 12.9. The number of hydrogen-bond donors (Lipinski definition) is 2. The number of phosphoric ester groups is 1. The van der Waals surface area contributed by atoms with Gasteiger partial charge >= 0.3 is 0 Å². The Bertz CT molecular complexity index is 916. The van der Waals surface area contributed by atoms with Gasteiger partial charge in [-0.15, -0.1) is 0 Å². The average molecular weight is 845 g/mol. The lowest BCUT2D eigenvalue weighted by atomic mass is 10.0. The third kappa shape index (κ3) is 43.6. The first-order chi connectivity index (χ1) is 28.0. The van der Waals surface area contributed by atoms with E-state index in [1.807, 2.05) is 21.1 Å². The van der Waals surface area contributed by atoms with Gasteiger partial charge in [0, 0.05) is 6.42 Å². The number of hydrogen-bond acceptors (Lipinski definition) is 6. The van der Waals surface area contributed by atoms with Gasteiger partial charge in [-0.3, -0.25) is 9.36 Å². The van der Waals surface area contributed by atoms with Crippen molar-refractivity contribution in [2.24, 2.45) is 0 Å². The van der Waals surface area contributed by atoms with Gasteiger partial charge in [0.2, 0.25) is 5.91 Å². The maximum Gasteiger partial charge on any atom is 0.268 e. The number of rotatable bonds is 47. The molecule has 58 heavy (non-hydrogen) atoms. The van der Waals surface area contributed by atoms with E-state index in [0.717, 1.165) is 38.5 Å². The lowest BCUT2D eigenvalue weighted by Crippen LogP contribution is -2.46. The van der Waals surface area contributed by atoms with Crippen LogP contribution < -0.4 is 10.2 Å². The van der Waals surface area contributed by atoms with Crippen LogP contribution in [0.3, 0.4) is 0 Å². The van der Waals surface area contributed by atoms with Crippen molar-refractivity contribution in [3.8, 4) is 0 Å². The second-order valence-electron chi connectivity index (χ2n) is 18.9. The molecule has 8 nitrogen and oxygen atoms in total. The Morgan fingerprint density at radius 1 is 0.534 bits per heavy atom. The number of carbonyl (C=O) groups is 1. The van der Waals surface area contributed by atoms with Gasteiger partial charge < -0.3 is 28.8 Å². The summed E-state index contributed by atoms with van der Waals surface area (Å²) in [6.07, 6.45) is 46.8. The van der Waals surface area contributed by atoms with Crippen LogP contribution in [0.1, 0.15) is 258 Å². The highest BCUT2D eigenvalue weighted by Crippen LogP contribution is 2.38. The van der Waals surface area contributed by atoms with Crippen LogP contribution in [0.15, 0.2) is 0 Å². The predicted octanol–water partition coefficient (Wildman–Crippen LogP) is 13.9. The molecule has 0 heterocycles. The van der Waals surface area contributed by atoms with Crippen LogP contribution in [-0.4, -0.2) is 68.5 Å². The van der Waals surface area contributed by atoms with Crippen molar-refractivity contribution in [3.05, 3.63) is 0 Å². The molecule has 0 saturated carbocycles. The Hall–Kier alpha value is -0.500. The maximum absolute atomic E-state index is 12.9. The van der Waals surface area contributed by atoms with Gasteiger partial charge in [-0.1, -0.05) is 239 Å². The SMILES string of the molecule is CCCCCCCCCCCCCCCCCCCCCCCC(=O)N[C@@H](COP(=O)([O-])OCC[N+](C)(C)C)[C@H](O)CCCCCCCCCCCCCCCCC. The van der Waals surface area contributed by atoms with Crippen molar-refractivity contribution < 1.29 is 32.9 Å². The van der Waals surface area contributed by atoms with Crippen molar-refractivity contribution in [2.45, 2.75) is 270 Å². The van der Waals surface area contributed by atoms with Crippen LogP contribution in [0.4, 0.5) is 0 Å². The van der Waals surface area contributed by atoms with E-state index < -0.39 is 20.0 Å². The van der Waals surface area contributed by atoms with Crippen molar-refractivity contribution in [1.29, 1.82) is 0 Å². The number of nitrogens with one attached hydrogen (secondary N) is 1. The van der Waals surface area contributed by atoms with Gasteiger partial charge in [0.05, 0.1) is 39.9 Å². The second kappa shape index (κ2) is 41.8. The summed E-state index contributed by atoms with van der Waals surface area (Å²) < 4.78 is 23.3. The Balaban J connectivity index is 4.20. The smallest absolute Gasteiger partial charge is 0.268 e. The molecule has 0 fully saturated rings. The largest absolute Gasteiger partial charge is 0.756 e. The number of carbonyl (C=O) groups excluding carboxylic acids is 1. The Morgan fingerprint density at radius 3 is 1.17 bits per heavy atom. The lowest BCUT2D eigenvalue weighted by Gasteiger charge is -2.30. The van der Waals surface area contributed by atoms with Gasteiger partial charge in [0.25, 0.3) is 7.82 Å². The fourth-order valence-electron chi connectivity index (χ4n) is 7.81. The Morgan fingerprint density at radius 2 is 0.845 bits per heavy atom. The average Bonchev–Trinajstić information content (AvgIpc) is 3.17. The molecule has 348 valence electrons. The zero-order chi connectivity index (χ0) is 42.8. The molecular formula is C49H101N2O6P. The molecule has 0 aromatic rings. The molecule has 0 aromatic heterocycles. The highest BCUT2D eigenvalue weighted by atomic mass is 31.2. The lowest BCUT2D eigenvalue weighted by molar-refractivity contribution is -0.870. The molecule has 0 bridgehead atoms. The first kappa shape index (κ1) is 57.5. The minimum atomic E-state index is -4.56. The first-order valence-corrected chi connectivity index (χ1v) is 26.8. The number of likely N-dealkylation sites (N-methyl/N-ethyl adjacent to an activating group) is 1. The van der Waals surface area contributed by atoms with Crippen LogP contribution in [-0.2, 0) is 18.4 Å². The van der Waals surface area contributed by atoms with Gasteiger partial charge in [0.1, 0.15) is 13.2 Å². The number of unbranched alkanes of at least 4 members (excludes halogenated alkanes) is 34. The Kier molecular flexibility index (Phi) is 41.5. The van der Waals surface area contributed by atoms with Crippen molar-refractivity contribution in [1.82, 2.24) is 5.32 Å². The molecule has 0 rings (SSSR count). The minimum Gasteiger partial charge on any atom is -0.756 e. The third-order valence-corrected chi connectivity index (χ3v) is 12.8. The molecule has 0 aliphatic heterocycles. The van der Waals surface area contributed by atoms with Crippen LogP contribution >= 0.6 is 7.82 Å². The van der Waals surface area contributed by atoms with E-state index in [0.29, 0.717) is 23.9 Å². The topological polar surface area (TPSA) is 108 Å². The van der Waals surface area contributed by atoms with Crippen molar-refractivity contribution >= 4 is 13.7 Å². The zero-order valence-electron chi connectivity index (χ0n) is 39.5. The van der Waals surface area contributed by atoms with E-state index in [2.05, 4.69) is 19.2 Å². The molecule has 0 saturated heterocycles. The number of amides is 1. The highest BCUT2D eigenvalue weighted by molar-refractivity contribution is 7.45. The number of aliphatic hydroxyl groups is 1. The summed E-state index contributed by atoms with van der Waals surface area (Å²) in [7, 11) is 1.32. The summed E-state index contributed by atoms with van der Waals surface area (Å²) in [4.78, 5) is 25.4. The second-order valence-corrected chi connectivity index (χ2v) is 20.3. The van der Waals surface area contributed by atoms with Crippen LogP contribution in [0.2, 0.25) is 0 Å². The third-order valence-electron chi connectivity index (χ3n) is 11.8. The van der Waals surface area contributed by atoms with Gasteiger partial charge in [-0.05, 0) is 12.8 Å².